The molecule has 0 spiro atoms. The summed E-state index contributed by atoms with van der Waals surface area (Å²) in [6.07, 6.45) is 4.56. The van der Waals surface area contributed by atoms with Gasteiger partial charge in [0.2, 0.25) is 0 Å². The molecule has 1 heterocycles. The van der Waals surface area contributed by atoms with Crippen LogP contribution in [0.25, 0.3) is 0 Å². The summed E-state index contributed by atoms with van der Waals surface area (Å²) in [6, 6.07) is 8.86. The zero-order valence-corrected chi connectivity index (χ0v) is 20.6. The Labute approximate surface area is 193 Å². The van der Waals surface area contributed by atoms with Crippen molar-refractivity contribution in [3.63, 3.8) is 0 Å². The van der Waals surface area contributed by atoms with Crippen LogP contribution in [-0.2, 0) is 11.3 Å². The summed E-state index contributed by atoms with van der Waals surface area (Å²) >= 11 is 0. The lowest BCUT2D eigenvalue weighted by Crippen LogP contribution is -2.38. The zero-order chi connectivity index (χ0) is 20.0. The van der Waals surface area contributed by atoms with Crippen molar-refractivity contribution in [2.45, 2.75) is 52.1 Å². The summed E-state index contributed by atoms with van der Waals surface area (Å²) in [7, 11) is 2.18. The molecule has 1 aromatic carbocycles. The Morgan fingerprint density at radius 2 is 2.03 bits per heavy atom. The van der Waals surface area contributed by atoms with Gasteiger partial charge in [-0.2, -0.15) is 0 Å². The average molecular weight is 518 g/mol. The molecule has 0 aromatic heterocycles. The molecular weight excluding hydrogens is 479 g/mol. The maximum Gasteiger partial charge on any atom is 0.191 e. The summed E-state index contributed by atoms with van der Waals surface area (Å²) in [6.45, 7) is 10.1. The molecule has 1 saturated heterocycles. The van der Waals surface area contributed by atoms with Gasteiger partial charge < -0.3 is 20.1 Å². The molecule has 166 valence electrons. The van der Waals surface area contributed by atoms with Gasteiger partial charge in [0.25, 0.3) is 0 Å². The van der Waals surface area contributed by atoms with Crippen LogP contribution in [0.15, 0.2) is 29.3 Å². The Bertz CT molecular complexity index is 580. The molecular formula is C22H39IN4O2. The quantitative estimate of drug-likeness (QED) is 0.203. The van der Waals surface area contributed by atoms with Crippen molar-refractivity contribution in [1.29, 1.82) is 0 Å². The Hall–Kier alpha value is -1.06. The Morgan fingerprint density at radius 1 is 1.24 bits per heavy atom. The number of nitrogens with one attached hydrogen (secondary N) is 2. The molecule has 6 nitrogen and oxygen atoms in total. The summed E-state index contributed by atoms with van der Waals surface area (Å²) in [4.78, 5) is 7.08. The van der Waals surface area contributed by atoms with Gasteiger partial charge in [0.15, 0.2) is 5.96 Å². The highest BCUT2D eigenvalue weighted by Gasteiger charge is 2.17. The van der Waals surface area contributed by atoms with Crippen LogP contribution in [0.3, 0.4) is 0 Å². The van der Waals surface area contributed by atoms with E-state index in [1.807, 2.05) is 12.1 Å². The van der Waals surface area contributed by atoms with E-state index >= 15 is 0 Å². The van der Waals surface area contributed by atoms with Crippen LogP contribution in [-0.4, -0.2) is 63.4 Å². The van der Waals surface area contributed by atoms with Crippen LogP contribution in [0.5, 0.6) is 5.75 Å². The standard InChI is InChI=1S/C22H38N4O2.HI/c1-4-6-12-24-22(23-5-2)25-18-19-8-7-9-21(17-19)28-16-13-26(3)20-10-14-27-15-11-20;/h7-9,17,20H,4-6,10-16,18H2,1-3H3,(H2,23,24,25);1H. The van der Waals surface area contributed by atoms with E-state index in [-0.39, 0.29) is 24.0 Å². The minimum atomic E-state index is 0. The summed E-state index contributed by atoms with van der Waals surface area (Å²) in [5.41, 5.74) is 1.16. The second kappa shape index (κ2) is 15.7. The third-order valence-electron chi connectivity index (χ3n) is 5.01. The van der Waals surface area contributed by atoms with Crippen molar-refractivity contribution in [2.75, 3.05) is 46.5 Å². The van der Waals surface area contributed by atoms with Crippen LogP contribution >= 0.6 is 24.0 Å². The van der Waals surface area contributed by atoms with Gasteiger partial charge in [-0.05, 0) is 50.9 Å². The Balaban J connectivity index is 0.00000420. The zero-order valence-electron chi connectivity index (χ0n) is 18.3. The van der Waals surface area contributed by atoms with Gasteiger partial charge in [0, 0.05) is 38.9 Å². The van der Waals surface area contributed by atoms with Crippen molar-refractivity contribution < 1.29 is 9.47 Å². The molecule has 1 aliphatic rings. The molecule has 2 N–H and O–H groups in total. The van der Waals surface area contributed by atoms with E-state index in [9.17, 15) is 0 Å². The van der Waals surface area contributed by atoms with Gasteiger partial charge in [0.1, 0.15) is 12.4 Å². The first-order valence-electron chi connectivity index (χ1n) is 10.7. The van der Waals surface area contributed by atoms with Gasteiger partial charge >= 0.3 is 0 Å². The van der Waals surface area contributed by atoms with Crippen molar-refractivity contribution in [3.05, 3.63) is 29.8 Å². The van der Waals surface area contributed by atoms with Gasteiger partial charge in [-0.3, -0.25) is 4.90 Å². The van der Waals surface area contributed by atoms with E-state index in [0.29, 0.717) is 19.2 Å². The van der Waals surface area contributed by atoms with Crippen LogP contribution < -0.4 is 15.4 Å². The van der Waals surface area contributed by atoms with Crippen molar-refractivity contribution in [3.8, 4) is 5.75 Å². The lowest BCUT2D eigenvalue weighted by atomic mass is 10.1. The van der Waals surface area contributed by atoms with E-state index in [0.717, 1.165) is 69.4 Å². The number of hydrogen-bond donors (Lipinski definition) is 2. The summed E-state index contributed by atoms with van der Waals surface area (Å²) in [5, 5.41) is 6.68. The van der Waals surface area contributed by atoms with Gasteiger partial charge in [-0.15, -0.1) is 24.0 Å². The molecule has 7 heteroatoms. The molecule has 0 unspecified atom stereocenters. The third kappa shape index (κ3) is 10.5. The molecule has 0 saturated carbocycles. The van der Waals surface area contributed by atoms with E-state index < -0.39 is 0 Å². The number of likely N-dealkylation sites (N-methyl/N-ethyl adjacent to an activating group) is 1. The predicted octanol–water partition coefficient (Wildman–Crippen LogP) is 3.65. The minimum Gasteiger partial charge on any atom is -0.492 e. The topological polar surface area (TPSA) is 58.1 Å². The highest BCUT2D eigenvalue weighted by atomic mass is 127. The third-order valence-corrected chi connectivity index (χ3v) is 5.01. The highest BCUT2D eigenvalue weighted by molar-refractivity contribution is 14.0. The van der Waals surface area contributed by atoms with Crippen LogP contribution in [0, 0.1) is 0 Å². The number of benzene rings is 1. The van der Waals surface area contributed by atoms with Gasteiger partial charge in [-0.1, -0.05) is 25.5 Å². The summed E-state index contributed by atoms with van der Waals surface area (Å²) in [5.74, 6) is 1.79. The SMILES string of the molecule is CCCCNC(=NCc1cccc(OCCN(C)C2CCOCC2)c1)NCC.I. The number of nitrogens with zero attached hydrogens (tertiary/aromatic N) is 2. The first-order valence-corrected chi connectivity index (χ1v) is 10.7. The number of rotatable bonds is 11. The molecule has 0 aliphatic carbocycles. The van der Waals surface area contributed by atoms with Crippen LogP contribution in [0.2, 0.25) is 0 Å². The molecule has 0 radical (unpaired) electrons. The maximum absolute atomic E-state index is 5.99. The lowest BCUT2D eigenvalue weighted by Gasteiger charge is -2.31. The largest absolute Gasteiger partial charge is 0.492 e. The number of unbranched alkanes of at least 4 members (excludes halogenated alkanes) is 1. The van der Waals surface area contributed by atoms with Crippen LogP contribution in [0.1, 0.15) is 45.1 Å². The fourth-order valence-electron chi connectivity index (χ4n) is 3.25. The van der Waals surface area contributed by atoms with Gasteiger partial charge in [0.05, 0.1) is 6.54 Å². The average Bonchev–Trinajstić information content (AvgIpc) is 2.73. The maximum atomic E-state index is 5.99. The molecule has 1 fully saturated rings. The predicted molar refractivity (Wildman–Crippen MR) is 132 cm³/mol. The molecule has 0 atom stereocenters. The normalized spacial score (nSPS) is 15.1. The van der Waals surface area contributed by atoms with E-state index in [4.69, 9.17) is 9.47 Å². The fraction of sp³-hybridized carbons (Fsp3) is 0.682. The van der Waals surface area contributed by atoms with Crippen molar-refractivity contribution in [2.24, 2.45) is 4.99 Å². The number of ether oxygens (including phenoxy) is 2. The van der Waals surface area contributed by atoms with Gasteiger partial charge in [-0.25, -0.2) is 4.99 Å². The first-order chi connectivity index (χ1) is 13.7. The fourth-order valence-corrected chi connectivity index (χ4v) is 3.25. The molecule has 29 heavy (non-hydrogen) atoms. The second-order valence-electron chi connectivity index (χ2n) is 7.30. The number of aliphatic imine (C=N–C) groups is 1. The molecule has 0 amide bonds. The Kier molecular flexibility index (Phi) is 14.1. The number of guanidine groups is 1. The number of hydrogen-bond acceptors (Lipinski definition) is 4. The van der Waals surface area contributed by atoms with E-state index in [2.05, 4.69) is 53.6 Å². The molecule has 0 bridgehead atoms. The van der Waals surface area contributed by atoms with Crippen LogP contribution in [0.4, 0.5) is 0 Å². The van der Waals surface area contributed by atoms with Crippen molar-refractivity contribution >= 4 is 29.9 Å². The number of halogens is 1. The lowest BCUT2D eigenvalue weighted by molar-refractivity contribution is 0.0392. The van der Waals surface area contributed by atoms with E-state index in [1.54, 1.807) is 0 Å². The van der Waals surface area contributed by atoms with E-state index in [1.165, 1.54) is 6.42 Å². The Morgan fingerprint density at radius 3 is 2.76 bits per heavy atom. The second-order valence-corrected chi connectivity index (χ2v) is 7.30. The monoisotopic (exact) mass is 518 g/mol. The molecule has 1 aromatic rings. The minimum absolute atomic E-state index is 0. The molecule has 2 rings (SSSR count). The smallest absolute Gasteiger partial charge is 0.191 e. The molecule has 1 aliphatic heterocycles. The first kappa shape index (κ1) is 26.0. The summed E-state index contributed by atoms with van der Waals surface area (Å²) < 4.78 is 11.4. The van der Waals surface area contributed by atoms with Crippen molar-refractivity contribution in [1.82, 2.24) is 15.5 Å². The highest BCUT2D eigenvalue weighted by Crippen LogP contribution is 2.15.